The number of rotatable bonds is 6. The summed E-state index contributed by atoms with van der Waals surface area (Å²) in [6.45, 7) is 7.80. The Hall–Kier alpha value is -4.17. The van der Waals surface area contributed by atoms with Crippen molar-refractivity contribution in [3.8, 4) is 11.4 Å². The maximum absolute atomic E-state index is 13.8. The Bertz CT molecular complexity index is 2080. The highest BCUT2D eigenvalue weighted by molar-refractivity contribution is 5.89. The van der Waals surface area contributed by atoms with E-state index >= 15 is 0 Å². The van der Waals surface area contributed by atoms with Gasteiger partial charge in [-0.15, -0.1) is 0 Å². The van der Waals surface area contributed by atoms with Gasteiger partial charge >= 0.3 is 17.9 Å². The number of pyridine rings is 2. The minimum Gasteiger partial charge on any atom is -0.457 e. The summed E-state index contributed by atoms with van der Waals surface area (Å²) in [7, 11) is 0. The van der Waals surface area contributed by atoms with Crippen LogP contribution in [0.2, 0.25) is 0 Å². The van der Waals surface area contributed by atoms with Gasteiger partial charge in [-0.1, -0.05) is 39.0 Å². The van der Waals surface area contributed by atoms with E-state index in [1.807, 2.05) is 44.2 Å². The fourth-order valence-corrected chi connectivity index (χ4v) is 9.73. The van der Waals surface area contributed by atoms with Crippen molar-refractivity contribution in [2.45, 2.75) is 115 Å². The van der Waals surface area contributed by atoms with E-state index < -0.39 is 47.5 Å². The third kappa shape index (κ3) is 4.85. The van der Waals surface area contributed by atoms with Crippen molar-refractivity contribution in [2.24, 2.45) is 23.7 Å². The lowest BCUT2D eigenvalue weighted by molar-refractivity contribution is -0.576. The third-order valence-electron chi connectivity index (χ3n) is 12.6. The zero-order valence-corrected chi connectivity index (χ0v) is 29.7. The normalized spacial score (nSPS) is 35.4. The Morgan fingerprint density at radius 1 is 1.02 bits per heavy atom. The molecular formula is C39H42N2O11. The van der Waals surface area contributed by atoms with Gasteiger partial charge in [-0.05, 0) is 62.6 Å². The molecule has 10 rings (SSSR count). The van der Waals surface area contributed by atoms with Crippen LogP contribution in [0.4, 0.5) is 0 Å². The highest BCUT2D eigenvalue weighted by atomic mass is 17.3. The summed E-state index contributed by atoms with van der Waals surface area (Å²) in [5, 5.41) is 0.953. The fourth-order valence-electron chi connectivity index (χ4n) is 9.73. The van der Waals surface area contributed by atoms with Gasteiger partial charge in [-0.3, -0.25) is 14.4 Å². The number of hydrogen-bond acceptors (Lipinski definition) is 12. The van der Waals surface area contributed by atoms with Crippen LogP contribution in [0.15, 0.2) is 41.2 Å². The number of hydrogen-bond donors (Lipinski definition) is 0. The molecule has 6 aliphatic heterocycles. The van der Waals surface area contributed by atoms with Crippen molar-refractivity contribution in [1.29, 1.82) is 0 Å². The summed E-state index contributed by atoms with van der Waals surface area (Å²) in [4.78, 5) is 70.9. The molecule has 0 amide bonds. The molecule has 0 radical (unpaired) electrons. The molecule has 9 atom stereocenters. The van der Waals surface area contributed by atoms with Crippen molar-refractivity contribution in [3.05, 3.63) is 63.4 Å². The van der Waals surface area contributed by atoms with Crippen LogP contribution < -0.4 is 5.56 Å². The van der Waals surface area contributed by atoms with Gasteiger partial charge in [0.25, 0.3) is 5.56 Å². The third-order valence-corrected chi connectivity index (χ3v) is 12.6. The molecule has 13 nitrogen and oxygen atoms in total. The predicted molar refractivity (Wildman–Crippen MR) is 181 cm³/mol. The van der Waals surface area contributed by atoms with Gasteiger partial charge in [0.15, 0.2) is 11.9 Å². The Kier molecular flexibility index (Phi) is 7.72. The molecule has 3 aromatic rings. The lowest BCUT2D eigenvalue weighted by atomic mass is 9.58. The largest absolute Gasteiger partial charge is 0.457 e. The fraction of sp³-hybridized carbons (Fsp3) is 0.564. The molecule has 2 aromatic heterocycles. The Morgan fingerprint density at radius 2 is 1.83 bits per heavy atom. The molecule has 1 saturated carbocycles. The number of benzene rings is 1. The molecule has 1 spiro atoms. The number of aromatic nitrogens is 2. The van der Waals surface area contributed by atoms with Gasteiger partial charge in [0.05, 0.1) is 41.9 Å². The van der Waals surface area contributed by atoms with E-state index in [0.717, 1.165) is 35.7 Å². The summed E-state index contributed by atoms with van der Waals surface area (Å²) < 4.78 is 31.6. The Morgan fingerprint density at radius 3 is 2.65 bits per heavy atom. The number of carbonyl (C=O) groups excluding carboxylic acids is 3. The van der Waals surface area contributed by atoms with Crippen LogP contribution in [0.1, 0.15) is 89.3 Å². The molecule has 0 N–H and O–H groups in total. The van der Waals surface area contributed by atoms with Gasteiger partial charge in [0, 0.05) is 34.8 Å². The number of ether oxygens (including phenoxy) is 5. The molecule has 13 heteroatoms. The van der Waals surface area contributed by atoms with E-state index in [-0.39, 0.29) is 60.3 Å². The van der Waals surface area contributed by atoms with Crippen LogP contribution >= 0.6 is 0 Å². The smallest absolute Gasteiger partial charge is 0.355 e. The molecule has 274 valence electrons. The monoisotopic (exact) mass is 714 g/mol. The molecule has 0 unspecified atom stereocenters. The van der Waals surface area contributed by atoms with Crippen LogP contribution in [0.25, 0.3) is 22.3 Å². The van der Waals surface area contributed by atoms with Crippen molar-refractivity contribution in [2.75, 3.05) is 0 Å². The number of carbonyl (C=O) groups is 3. The first-order valence-electron chi connectivity index (χ1n) is 18.4. The van der Waals surface area contributed by atoms with Gasteiger partial charge in [-0.25, -0.2) is 19.6 Å². The summed E-state index contributed by atoms with van der Waals surface area (Å²) in [5.74, 6) is -2.92. The van der Waals surface area contributed by atoms with E-state index in [1.54, 1.807) is 17.6 Å². The molecule has 1 aliphatic carbocycles. The first kappa shape index (κ1) is 33.7. The molecule has 7 aliphatic rings. The molecule has 8 heterocycles. The summed E-state index contributed by atoms with van der Waals surface area (Å²) in [5.41, 5.74) is 0.333. The molecule has 52 heavy (non-hydrogen) atoms. The van der Waals surface area contributed by atoms with E-state index in [2.05, 4.69) is 6.92 Å². The van der Waals surface area contributed by atoms with Crippen molar-refractivity contribution >= 4 is 28.8 Å². The minimum atomic E-state index is -1.87. The van der Waals surface area contributed by atoms with Gasteiger partial charge in [0.2, 0.25) is 17.7 Å². The summed E-state index contributed by atoms with van der Waals surface area (Å²) in [6, 6.07) is 11.4. The van der Waals surface area contributed by atoms with Crippen molar-refractivity contribution < 1.29 is 47.8 Å². The first-order valence-corrected chi connectivity index (χ1v) is 18.4. The zero-order valence-electron chi connectivity index (χ0n) is 29.7. The number of nitrogens with zero attached hydrogens (tertiary/aromatic N) is 2. The van der Waals surface area contributed by atoms with Gasteiger partial charge in [-0.2, -0.15) is 0 Å². The van der Waals surface area contributed by atoms with Gasteiger partial charge < -0.3 is 28.3 Å². The number of esters is 3. The van der Waals surface area contributed by atoms with Crippen molar-refractivity contribution in [3.63, 3.8) is 0 Å². The Balaban J connectivity index is 0.924. The molecule has 5 fully saturated rings. The highest BCUT2D eigenvalue weighted by Crippen LogP contribution is 2.60. The lowest BCUT2D eigenvalue weighted by Gasteiger charge is -2.59. The topological polar surface area (TPSA) is 151 Å². The van der Waals surface area contributed by atoms with Crippen LogP contribution in [0.3, 0.4) is 0 Å². The van der Waals surface area contributed by atoms with Crippen molar-refractivity contribution in [1.82, 2.24) is 9.55 Å². The lowest BCUT2D eigenvalue weighted by Crippen LogP contribution is -2.70. The number of fused-ring (bicyclic) bond motifs is 7. The molecular weight excluding hydrogens is 672 g/mol. The average Bonchev–Trinajstić information content (AvgIpc) is 3.33. The standard InChI is InChI=1S/C39H42N2O11/c1-5-38(27-17-29-32-23(16-22-8-6-7-9-28(22)40-32)18-41(29)33(44)24(27)19-46-35(38)45)49-31(43)13-12-30(42)47-34-21(3)26-11-10-20(2)25-14-15-37(4)50-36(48-34)39(25,26)52-51-37/h6-9,16-17,20-21,25-26,34,36H,5,10-15,18-19H2,1-4H3/t20-,21-,25+,26+,34-,36-,37-,38+,39-/m1/s1. The van der Waals surface area contributed by atoms with E-state index in [0.29, 0.717) is 30.3 Å². The minimum absolute atomic E-state index is 0.0121. The second kappa shape index (κ2) is 11.9. The van der Waals surface area contributed by atoms with Crippen LogP contribution in [-0.2, 0) is 66.6 Å². The quantitative estimate of drug-likeness (QED) is 0.147. The first-order chi connectivity index (χ1) is 25.0. The SMILES string of the molecule is CC[C@@]1(OC(=O)CCC(=O)O[C@@H]2O[C@@H]3O[C@@]4(C)CC[C@H]5[C@H](C)CC[C@@H]([C@H]2C)[C@@]35OO4)C(=O)OCc2c1cc1n(c2=O)Cc2cc3ccccc3nc2-1. The van der Waals surface area contributed by atoms with Crippen LogP contribution in [0, 0.1) is 23.7 Å². The molecule has 1 aromatic carbocycles. The van der Waals surface area contributed by atoms with E-state index in [9.17, 15) is 19.2 Å². The highest BCUT2D eigenvalue weighted by Gasteiger charge is 2.70. The molecule has 2 bridgehead atoms. The van der Waals surface area contributed by atoms with Crippen LogP contribution in [-0.4, -0.2) is 51.4 Å². The van der Waals surface area contributed by atoms with Crippen LogP contribution in [0.5, 0.6) is 0 Å². The predicted octanol–water partition coefficient (Wildman–Crippen LogP) is 5.16. The van der Waals surface area contributed by atoms with E-state index in [1.165, 1.54) is 0 Å². The Labute approximate surface area is 299 Å². The average molecular weight is 715 g/mol. The molecule has 4 saturated heterocycles. The zero-order chi connectivity index (χ0) is 36.2. The van der Waals surface area contributed by atoms with E-state index in [4.69, 9.17) is 38.4 Å². The second-order valence-electron chi connectivity index (χ2n) is 15.5. The number of para-hydroxylation sites is 1. The second-order valence-corrected chi connectivity index (χ2v) is 15.5. The number of cyclic esters (lactones) is 1. The summed E-state index contributed by atoms with van der Waals surface area (Å²) >= 11 is 0. The summed E-state index contributed by atoms with van der Waals surface area (Å²) in [6.07, 6.45) is 1.00. The maximum atomic E-state index is 13.8. The van der Waals surface area contributed by atoms with Gasteiger partial charge in [0.1, 0.15) is 6.61 Å². The maximum Gasteiger partial charge on any atom is 0.355 e.